The van der Waals surface area contributed by atoms with Gasteiger partial charge in [0, 0.05) is 49.8 Å². The monoisotopic (exact) mass is 342 g/mol. The van der Waals surface area contributed by atoms with Crippen molar-refractivity contribution in [1.29, 1.82) is 0 Å². The molecule has 2 amide bonds. The molecular weight excluding hydrogens is 320 g/mol. The van der Waals surface area contributed by atoms with Crippen molar-refractivity contribution in [3.8, 4) is 11.1 Å². The molecule has 132 valence electrons. The molecule has 1 aromatic carbocycles. The van der Waals surface area contributed by atoms with Crippen LogP contribution in [0.3, 0.4) is 0 Å². The number of primary amides is 1. The number of benzene rings is 1. The van der Waals surface area contributed by atoms with E-state index >= 15 is 0 Å². The first-order chi connectivity index (χ1) is 12.2. The Balaban J connectivity index is 1.51. The number of hydrogen-bond acceptors (Lipinski definition) is 6. The Kier molecular flexibility index (Phi) is 5.76. The second kappa shape index (κ2) is 8.41. The van der Waals surface area contributed by atoms with Crippen LogP contribution in [-0.2, 0) is 4.74 Å². The number of carbonyl (C=O) groups is 1. The molecule has 3 rings (SSSR count). The molecule has 2 heterocycles. The molecule has 8 nitrogen and oxygen atoms in total. The van der Waals surface area contributed by atoms with Gasteiger partial charge in [-0.15, -0.1) is 0 Å². The standard InChI is InChI=1S/C17H22N6O2/c18-16(24)22-15-3-1-13(2-4-15)14-11-20-17(21-12-14)19-5-6-23-7-9-25-10-8-23/h1-4,11-12H,5-10H2,(H3,18,22,24)(H,19,20,21). The molecule has 1 aromatic heterocycles. The van der Waals surface area contributed by atoms with Gasteiger partial charge in [-0.1, -0.05) is 12.1 Å². The van der Waals surface area contributed by atoms with Gasteiger partial charge in [0.25, 0.3) is 0 Å². The van der Waals surface area contributed by atoms with Crippen LogP contribution in [0.25, 0.3) is 11.1 Å². The van der Waals surface area contributed by atoms with Crippen LogP contribution in [-0.4, -0.2) is 60.3 Å². The SMILES string of the molecule is NC(=O)Nc1ccc(-c2cnc(NCCN3CCOCC3)nc2)cc1. The molecule has 2 aromatic rings. The quantitative estimate of drug-likeness (QED) is 0.732. The summed E-state index contributed by atoms with van der Waals surface area (Å²) < 4.78 is 5.33. The Morgan fingerprint density at radius 2 is 1.80 bits per heavy atom. The van der Waals surface area contributed by atoms with E-state index in [9.17, 15) is 4.79 Å². The number of nitrogens with zero attached hydrogens (tertiary/aromatic N) is 3. The van der Waals surface area contributed by atoms with Gasteiger partial charge in [-0.05, 0) is 17.7 Å². The molecule has 8 heteroatoms. The Labute approximate surface area is 146 Å². The van der Waals surface area contributed by atoms with E-state index < -0.39 is 6.03 Å². The topological polar surface area (TPSA) is 105 Å². The van der Waals surface area contributed by atoms with Crippen molar-refractivity contribution in [3.05, 3.63) is 36.7 Å². The van der Waals surface area contributed by atoms with Crippen LogP contribution in [0, 0.1) is 0 Å². The van der Waals surface area contributed by atoms with E-state index in [1.165, 1.54) is 0 Å². The number of morpholine rings is 1. The second-order valence-corrected chi connectivity index (χ2v) is 5.74. The first-order valence-corrected chi connectivity index (χ1v) is 8.23. The molecule has 0 radical (unpaired) electrons. The third-order valence-electron chi connectivity index (χ3n) is 3.95. The first-order valence-electron chi connectivity index (χ1n) is 8.23. The van der Waals surface area contributed by atoms with E-state index in [0.29, 0.717) is 11.6 Å². The summed E-state index contributed by atoms with van der Waals surface area (Å²) in [7, 11) is 0. The lowest BCUT2D eigenvalue weighted by Crippen LogP contribution is -2.39. The molecule has 0 spiro atoms. The summed E-state index contributed by atoms with van der Waals surface area (Å²) in [6.07, 6.45) is 3.56. The van der Waals surface area contributed by atoms with E-state index in [1.807, 2.05) is 12.1 Å². The molecule has 0 unspecified atom stereocenters. The van der Waals surface area contributed by atoms with Crippen molar-refractivity contribution >= 4 is 17.7 Å². The van der Waals surface area contributed by atoms with E-state index in [2.05, 4.69) is 25.5 Å². The van der Waals surface area contributed by atoms with Gasteiger partial charge in [-0.3, -0.25) is 4.90 Å². The van der Waals surface area contributed by atoms with Crippen LogP contribution in [0.4, 0.5) is 16.4 Å². The van der Waals surface area contributed by atoms with Crippen molar-refractivity contribution in [2.75, 3.05) is 50.0 Å². The van der Waals surface area contributed by atoms with Gasteiger partial charge in [-0.2, -0.15) is 0 Å². The molecule has 0 atom stereocenters. The minimum Gasteiger partial charge on any atom is -0.379 e. The highest BCUT2D eigenvalue weighted by Gasteiger charge is 2.09. The molecule has 1 aliphatic rings. The summed E-state index contributed by atoms with van der Waals surface area (Å²) in [5.41, 5.74) is 7.62. The van der Waals surface area contributed by atoms with Crippen molar-refractivity contribution in [2.45, 2.75) is 0 Å². The van der Waals surface area contributed by atoms with Gasteiger partial charge in [0.1, 0.15) is 0 Å². The zero-order valence-corrected chi connectivity index (χ0v) is 13.9. The fraction of sp³-hybridized carbons (Fsp3) is 0.353. The summed E-state index contributed by atoms with van der Waals surface area (Å²) in [6, 6.07) is 6.76. The first kappa shape index (κ1) is 17.1. The normalized spacial score (nSPS) is 14.9. The van der Waals surface area contributed by atoms with E-state index in [4.69, 9.17) is 10.5 Å². The lowest BCUT2D eigenvalue weighted by atomic mass is 10.1. The average Bonchev–Trinajstić information content (AvgIpc) is 2.63. The third-order valence-corrected chi connectivity index (χ3v) is 3.95. The van der Waals surface area contributed by atoms with E-state index in [1.54, 1.807) is 24.5 Å². The molecular formula is C17H22N6O2. The molecule has 0 bridgehead atoms. The largest absolute Gasteiger partial charge is 0.379 e. The van der Waals surface area contributed by atoms with Crippen molar-refractivity contribution in [2.24, 2.45) is 5.73 Å². The molecule has 0 aliphatic carbocycles. The summed E-state index contributed by atoms with van der Waals surface area (Å²) in [4.78, 5) is 21.9. The minimum absolute atomic E-state index is 0.580. The van der Waals surface area contributed by atoms with E-state index in [0.717, 1.165) is 50.5 Å². The van der Waals surface area contributed by atoms with Crippen LogP contribution in [0.2, 0.25) is 0 Å². The maximum Gasteiger partial charge on any atom is 0.316 e. The number of amides is 2. The van der Waals surface area contributed by atoms with Gasteiger partial charge in [0.15, 0.2) is 0 Å². The molecule has 25 heavy (non-hydrogen) atoms. The third kappa shape index (κ3) is 5.13. The maximum absolute atomic E-state index is 10.8. The highest BCUT2D eigenvalue weighted by Crippen LogP contribution is 2.20. The number of urea groups is 1. The summed E-state index contributed by atoms with van der Waals surface area (Å²) >= 11 is 0. The molecule has 1 aliphatic heterocycles. The smallest absolute Gasteiger partial charge is 0.316 e. The van der Waals surface area contributed by atoms with Crippen molar-refractivity contribution in [3.63, 3.8) is 0 Å². The molecule has 1 fully saturated rings. The number of nitrogens with one attached hydrogen (secondary N) is 2. The van der Waals surface area contributed by atoms with Gasteiger partial charge in [0.2, 0.25) is 5.95 Å². The Hall–Kier alpha value is -2.71. The molecule has 4 N–H and O–H groups in total. The highest BCUT2D eigenvalue weighted by molar-refractivity contribution is 5.88. The number of aromatic nitrogens is 2. The van der Waals surface area contributed by atoms with E-state index in [-0.39, 0.29) is 0 Å². The number of nitrogens with two attached hydrogens (primary N) is 1. The van der Waals surface area contributed by atoms with Crippen molar-refractivity contribution in [1.82, 2.24) is 14.9 Å². The minimum atomic E-state index is -0.580. The number of anilines is 2. The second-order valence-electron chi connectivity index (χ2n) is 5.74. The van der Waals surface area contributed by atoms with Gasteiger partial charge in [0.05, 0.1) is 13.2 Å². The molecule has 0 saturated carbocycles. The Morgan fingerprint density at radius 1 is 1.12 bits per heavy atom. The number of hydrogen-bond donors (Lipinski definition) is 3. The lowest BCUT2D eigenvalue weighted by Gasteiger charge is -2.26. The summed E-state index contributed by atoms with van der Waals surface area (Å²) in [5, 5.41) is 5.76. The highest BCUT2D eigenvalue weighted by atomic mass is 16.5. The fourth-order valence-electron chi connectivity index (χ4n) is 2.61. The van der Waals surface area contributed by atoms with Crippen LogP contribution in [0.5, 0.6) is 0 Å². The number of carbonyl (C=O) groups excluding carboxylic acids is 1. The zero-order chi connectivity index (χ0) is 17.5. The van der Waals surface area contributed by atoms with Gasteiger partial charge >= 0.3 is 6.03 Å². The summed E-state index contributed by atoms with van der Waals surface area (Å²) in [5.74, 6) is 0.615. The fourth-order valence-corrected chi connectivity index (χ4v) is 2.61. The van der Waals surface area contributed by atoms with Crippen molar-refractivity contribution < 1.29 is 9.53 Å². The van der Waals surface area contributed by atoms with Crippen LogP contribution in [0.1, 0.15) is 0 Å². The maximum atomic E-state index is 10.8. The van der Waals surface area contributed by atoms with Gasteiger partial charge < -0.3 is 21.1 Å². The number of rotatable bonds is 6. The van der Waals surface area contributed by atoms with Crippen LogP contribution in [0.15, 0.2) is 36.7 Å². The Morgan fingerprint density at radius 3 is 2.44 bits per heavy atom. The number of ether oxygens (including phenoxy) is 1. The Bertz CT molecular complexity index is 683. The van der Waals surface area contributed by atoms with Gasteiger partial charge in [-0.25, -0.2) is 14.8 Å². The lowest BCUT2D eigenvalue weighted by molar-refractivity contribution is 0.0398. The average molecular weight is 342 g/mol. The zero-order valence-electron chi connectivity index (χ0n) is 13.9. The van der Waals surface area contributed by atoms with Crippen LogP contribution < -0.4 is 16.4 Å². The predicted octanol–water partition coefficient (Wildman–Crippen LogP) is 1.38. The predicted molar refractivity (Wildman–Crippen MR) is 96.4 cm³/mol. The van der Waals surface area contributed by atoms with Crippen LogP contribution >= 0.6 is 0 Å². The molecule has 1 saturated heterocycles. The summed E-state index contributed by atoms with van der Waals surface area (Å²) in [6.45, 7) is 5.30.